The van der Waals surface area contributed by atoms with Gasteiger partial charge in [0.25, 0.3) is 0 Å². The summed E-state index contributed by atoms with van der Waals surface area (Å²) in [5.41, 5.74) is 1.14. The Kier molecular flexibility index (Phi) is 5.11. The maximum Gasteiger partial charge on any atom is 0.210 e. The SMILES string of the molecule is CC(=O)c1ccc(C2=C(c3ccc(S(C)(=O)=O)cc3)OC3(CCCC3)C2=O)cc1Cl. The number of benzene rings is 2. The number of rotatable bonds is 4. The van der Waals surface area contributed by atoms with Crippen LogP contribution in [0, 0.1) is 0 Å². The molecule has 1 spiro atoms. The van der Waals surface area contributed by atoms with Crippen molar-refractivity contribution >= 4 is 44.3 Å². The number of hydrogen-bond donors (Lipinski definition) is 0. The molecule has 0 bridgehead atoms. The van der Waals surface area contributed by atoms with Gasteiger partial charge in [-0.05, 0) is 74.6 Å². The molecule has 5 nitrogen and oxygen atoms in total. The average molecular weight is 445 g/mol. The van der Waals surface area contributed by atoms with Crippen LogP contribution in [-0.4, -0.2) is 31.8 Å². The molecule has 1 aliphatic carbocycles. The Bertz CT molecular complexity index is 1190. The maximum absolute atomic E-state index is 13.5. The fourth-order valence-electron chi connectivity index (χ4n) is 4.17. The molecule has 2 aromatic carbocycles. The minimum absolute atomic E-state index is 0.0890. The molecule has 2 aromatic rings. The van der Waals surface area contributed by atoms with Crippen LogP contribution in [0.5, 0.6) is 0 Å². The van der Waals surface area contributed by atoms with Gasteiger partial charge in [-0.1, -0.05) is 17.7 Å². The van der Waals surface area contributed by atoms with E-state index >= 15 is 0 Å². The Hall–Kier alpha value is -2.44. The number of ketones is 2. The van der Waals surface area contributed by atoms with E-state index in [-0.39, 0.29) is 21.5 Å². The van der Waals surface area contributed by atoms with Gasteiger partial charge in [-0.15, -0.1) is 0 Å². The largest absolute Gasteiger partial charge is 0.478 e. The van der Waals surface area contributed by atoms with Crippen molar-refractivity contribution in [2.75, 3.05) is 6.26 Å². The summed E-state index contributed by atoms with van der Waals surface area (Å²) in [6, 6.07) is 11.3. The smallest absolute Gasteiger partial charge is 0.210 e. The zero-order valence-corrected chi connectivity index (χ0v) is 18.3. The number of halogens is 1. The highest BCUT2D eigenvalue weighted by molar-refractivity contribution is 7.90. The number of ether oxygens (including phenoxy) is 1. The summed E-state index contributed by atoms with van der Waals surface area (Å²) in [5, 5.41) is 0.277. The van der Waals surface area contributed by atoms with Crippen molar-refractivity contribution in [3.63, 3.8) is 0 Å². The summed E-state index contributed by atoms with van der Waals surface area (Å²) < 4.78 is 29.9. The second-order valence-electron chi connectivity index (χ2n) is 7.88. The van der Waals surface area contributed by atoms with Gasteiger partial charge in [-0.2, -0.15) is 0 Å². The van der Waals surface area contributed by atoms with Gasteiger partial charge < -0.3 is 4.74 Å². The minimum Gasteiger partial charge on any atom is -0.478 e. The molecule has 0 atom stereocenters. The second kappa shape index (κ2) is 7.36. The predicted molar refractivity (Wildman–Crippen MR) is 115 cm³/mol. The quantitative estimate of drug-likeness (QED) is 0.637. The highest BCUT2D eigenvalue weighted by Crippen LogP contribution is 2.49. The fraction of sp³-hybridized carbons (Fsp3) is 0.304. The van der Waals surface area contributed by atoms with Crippen LogP contribution in [0.15, 0.2) is 47.4 Å². The molecule has 1 aliphatic heterocycles. The van der Waals surface area contributed by atoms with Gasteiger partial charge in [0.1, 0.15) is 5.76 Å². The van der Waals surface area contributed by atoms with Crippen molar-refractivity contribution in [1.82, 2.24) is 0 Å². The molecule has 1 heterocycles. The molecule has 0 N–H and O–H groups in total. The van der Waals surface area contributed by atoms with E-state index in [0.29, 0.717) is 40.9 Å². The van der Waals surface area contributed by atoms with Crippen LogP contribution in [0.2, 0.25) is 5.02 Å². The van der Waals surface area contributed by atoms with E-state index in [9.17, 15) is 18.0 Å². The summed E-state index contributed by atoms with van der Waals surface area (Å²) >= 11 is 6.30. The van der Waals surface area contributed by atoms with Crippen LogP contribution in [0.25, 0.3) is 11.3 Å². The summed E-state index contributed by atoms with van der Waals surface area (Å²) in [6.07, 6.45) is 4.24. The third-order valence-corrected chi connectivity index (χ3v) is 7.20. The van der Waals surface area contributed by atoms with E-state index in [4.69, 9.17) is 16.3 Å². The molecule has 0 saturated heterocycles. The van der Waals surface area contributed by atoms with Gasteiger partial charge in [-0.25, -0.2) is 8.42 Å². The van der Waals surface area contributed by atoms with Gasteiger partial charge in [-0.3, -0.25) is 9.59 Å². The highest BCUT2D eigenvalue weighted by atomic mass is 35.5. The van der Waals surface area contributed by atoms with Crippen LogP contribution in [0.4, 0.5) is 0 Å². The molecule has 1 fully saturated rings. The van der Waals surface area contributed by atoms with Crippen molar-refractivity contribution in [1.29, 1.82) is 0 Å². The lowest BCUT2D eigenvalue weighted by Gasteiger charge is -2.22. The van der Waals surface area contributed by atoms with Crippen LogP contribution in [0.3, 0.4) is 0 Å². The third-order valence-electron chi connectivity index (χ3n) is 5.76. The van der Waals surface area contributed by atoms with Crippen molar-refractivity contribution < 1.29 is 22.7 Å². The Morgan fingerprint density at radius 2 is 1.63 bits per heavy atom. The van der Waals surface area contributed by atoms with E-state index in [1.165, 1.54) is 19.1 Å². The van der Waals surface area contributed by atoms with Gasteiger partial charge in [0.2, 0.25) is 5.78 Å². The molecule has 1 saturated carbocycles. The fourth-order valence-corrected chi connectivity index (χ4v) is 5.12. The average Bonchev–Trinajstić information content (AvgIpc) is 3.27. The Balaban J connectivity index is 1.86. The van der Waals surface area contributed by atoms with E-state index in [0.717, 1.165) is 19.1 Å². The summed E-state index contributed by atoms with van der Waals surface area (Å²) in [4.78, 5) is 25.4. The number of hydrogen-bond acceptors (Lipinski definition) is 5. The van der Waals surface area contributed by atoms with Crippen LogP contribution < -0.4 is 0 Å². The van der Waals surface area contributed by atoms with Crippen molar-refractivity contribution in [2.45, 2.75) is 43.1 Å². The molecular formula is C23H21ClO5S. The summed E-state index contributed by atoms with van der Waals surface area (Å²) in [7, 11) is -3.33. The van der Waals surface area contributed by atoms with Crippen molar-refractivity contribution in [3.8, 4) is 0 Å². The first-order chi connectivity index (χ1) is 14.1. The Labute approximate surface area is 180 Å². The lowest BCUT2D eigenvalue weighted by Crippen LogP contribution is -2.33. The lowest BCUT2D eigenvalue weighted by molar-refractivity contribution is -0.127. The lowest BCUT2D eigenvalue weighted by atomic mass is 9.88. The summed E-state index contributed by atoms with van der Waals surface area (Å²) in [5.74, 6) is 0.181. The molecule has 2 aliphatic rings. The first kappa shape index (κ1) is 20.8. The van der Waals surface area contributed by atoms with E-state index < -0.39 is 15.4 Å². The number of carbonyl (C=O) groups excluding carboxylic acids is 2. The molecule has 156 valence electrons. The second-order valence-corrected chi connectivity index (χ2v) is 10.3. The Morgan fingerprint density at radius 1 is 1.03 bits per heavy atom. The molecular weight excluding hydrogens is 424 g/mol. The molecule has 0 radical (unpaired) electrons. The highest BCUT2D eigenvalue weighted by Gasteiger charge is 2.51. The number of Topliss-reactive ketones (excluding diaryl/α,β-unsaturated/α-hetero) is 2. The summed E-state index contributed by atoms with van der Waals surface area (Å²) in [6.45, 7) is 1.44. The van der Waals surface area contributed by atoms with Gasteiger partial charge in [0, 0.05) is 17.4 Å². The van der Waals surface area contributed by atoms with Crippen LogP contribution in [0.1, 0.15) is 54.1 Å². The zero-order chi connectivity index (χ0) is 21.7. The minimum atomic E-state index is -3.33. The molecule has 0 aromatic heterocycles. The normalized spacial score (nSPS) is 18.2. The number of sulfone groups is 1. The molecule has 7 heteroatoms. The van der Waals surface area contributed by atoms with E-state index in [1.807, 2.05) is 0 Å². The predicted octanol–water partition coefficient (Wildman–Crippen LogP) is 4.73. The number of carbonyl (C=O) groups is 2. The first-order valence-electron chi connectivity index (χ1n) is 9.72. The van der Waals surface area contributed by atoms with E-state index in [2.05, 4.69) is 0 Å². The standard InChI is InChI=1S/C23H21ClO5S/c1-14(25)18-10-7-16(13-19(18)24)20-21(29-23(22(20)26)11-3-4-12-23)15-5-8-17(9-6-15)30(2,27)28/h5-10,13H,3-4,11-12H2,1-2H3. The first-order valence-corrected chi connectivity index (χ1v) is 12.0. The maximum atomic E-state index is 13.5. The van der Waals surface area contributed by atoms with Gasteiger partial charge >= 0.3 is 0 Å². The van der Waals surface area contributed by atoms with Crippen molar-refractivity contribution in [2.24, 2.45) is 0 Å². The third kappa shape index (κ3) is 3.48. The molecule has 0 amide bonds. The van der Waals surface area contributed by atoms with E-state index in [1.54, 1.807) is 30.3 Å². The molecule has 30 heavy (non-hydrogen) atoms. The zero-order valence-electron chi connectivity index (χ0n) is 16.7. The molecule has 4 rings (SSSR count). The Morgan fingerprint density at radius 3 is 2.17 bits per heavy atom. The van der Waals surface area contributed by atoms with Crippen LogP contribution in [-0.2, 0) is 19.4 Å². The van der Waals surface area contributed by atoms with Crippen molar-refractivity contribution in [3.05, 3.63) is 64.2 Å². The molecule has 0 unspecified atom stereocenters. The van der Waals surface area contributed by atoms with Crippen LogP contribution >= 0.6 is 11.6 Å². The van der Waals surface area contributed by atoms with Gasteiger partial charge in [0.15, 0.2) is 21.2 Å². The topological polar surface area (TPSA) is 77.5 Å². The monoisotopic (exact) mass is 444 g/mol. The van der Waals surface area contributed by atoms with Gasteiger partial charge in [0.05, 0.1) is 15.5 Å².